The lowest BCUT2D eigenvalue weighted by atomic mass is 9.72. The van der Waals surface area contributed by atoms with Crippen LogP contribution < -0.4 is 9.80 Å². The number of aliphatic hydroxyl groups is 1. The summed E-state index contributed by atoms with van der Waals surface area (Å²) in [4.78, 5) is 29.5. The maximum absolute atomic E-state index is 12.9. The van der Waals surface area contributed by atoms with Crippen molar-refractivity contribution >= 4 is 44.9 Å². The molecule has 0 radical (unpaired) electrons. The monoisotopic (exact) mass is 610 g/mol. The molecule has 1 saturated carbocycles. The van der Waals surface area contributed by atoms with Gasteiger partial charge in [-0.1, -0.05) is 41.2 Å². The number of aromatic nitrogens is 4. The number of thiazole rings is 1. The van der Waals surface area contributed by atoms with Crippen LogP contribution in [0.4, 0.5) is 16.6 Å². The van der Waals surface area contributed by atoms with Crippen molar-refractivity contribution in [1.29, 1.82) is 5.26 Å². The van der Waals surface area contributed by atoms with Gasteiger partial charge in [-0.2, -0.15) is 10.4 Å². The molecule has 226 valence electrons. The minimum Gasteiger partial charge on any atom is -0.378 e. The Kier molecular flexibility index (Phi) is 6.08. The van der Waals surface area contributed by atoms with E-state index in [1.807, 2.05) is 45.2 Å². The molecule has 1 spiro atoms. The maximum atomic E-state index is 12.9. The zero-order valence-corrected chi connectivity index (χ0v) is 25.9. The van der Waals surface area contributed by atoms with Crippen molar-refractivity contribution in [2.24, 2.45) is 5.41 Å². The molecule has 1 atom stereocenters. The molecule has 6 heterocycles. The van der Waals surface area contributed by atoms with E-state index < -0.39 is 5.60 Å². The van der Waals surface area contributed by atoms with Gasteiger partial charge in [-0.05, 0) is 32.8 Å². The summed E-state index contributed by atoms with van der Waals surface area (Å²) in [5.74, 6) is 0.735. The minimum atomic E-state index is -1.37. The van der Waals surface area contributed by atoms with Crippen LogP contribution in [0.1, 0.15) is 41.4 Å². The summed E-state index contributed by atoms with van der Waals surface area (Å²) < 4.78 is 7.37. The van der Waals surface area contributed by atoms with Crippen LogP contribution in [-0.4, -0.2) is 87.7 Å². The van der Waals surface area contributed by atoms with Gasteiger partial charge in [-0.15, -0.1) is 0 Å². The molecule has 1 amide bonds. The molecule has 3 aliphatic heterocycles. The van der Waals surface area contributed by atoms with E-state index in [-0.39, 0.29) is 17.9 Å². The number of anilines is 3. The van der Waals surface area contributed by atoms with Crippen LogP contribution in [-0.2, 0) is 9.53 Å². The third kappa shape index (κ3) is 4.29. The van der Waals surface area contributed by atoms with Gasteiger partial charge in [-0.3, -0.25) is 4.79 Å². The molecule has 11 nitrogen and oxygen atoms in total. The van der Waals surface area contributed by atoms with Gasteiger partial charge >= 0.3 is 0 Å². The molecular formula is C32H34N8O3S. The number of nitriles is 1. The highest BCUT2D eigenvalue weighted by Crippen LogP contribution is 2.47. The molecule has 12 heteroatoms. The molecule has 44 heavy (non-hydrogen) atoms. The van der Waals surface area contributed by atoms with Crippen LogP contribution in [0.3, 0.4) is 0 Å². The molecule has 1 N–H and O–H groups in total. The summed E-state index contributed by atoms with van der Waals surface area (Å²) in [6, 6.07) is 13.0. The average Bonchev–Trinajstić information content (AvgIpc) is 3.39. The Balaban J connectivity index is 1.08. The highest BCUT2D eigenvalue weighted by molar-refractivity contribution is 7.16. The van der Waals surface area contributed by atoms with E-state index in [1.54, 1.807) is 4.90 Å². The Morgan fingerprint density at radius 2 is 1.91 bits per heavy atom. The van der Waals surface area contributed by atoms with Crippen molar-refractivity contribution in [3.8, 4) is 17.3 Å². The average molecular weight is 611 g/mol. The first kappa shape index (κ1) is 27.5. The summed E-state index contributed by atoms with van der Waals surface area (Å²) >= 11 is 1.39. The number of likely N-dealkylation sites (tertiary alicyclic amines) is 1. The molecule has 4 aliphatic rings. The van der Waals surface area contributed by atoms with Gasteiger partial charge in [0.2, 0.25) is 0 Å². The fraction of sp³-hybridized carbons (Fsp3) is 0.469. The van der Waals surface area contributed by atoms with Crippen LogP contribution in [0.15, 0.2) is 30.3 Å². The number of aryl methyl sites for hydroxylation is 2. The number of hydrogen-bond acceptors (Lipinski definition) is 10. The Hall–Kier alpha value is -4.05. The number of carbonyl (C=O) groups excluding carboxylic acids is 1. The summed E-state index contributed by atoms with van der Waals surface area (Å²) in [6.07, 6.45) is 2.51. The zero-order valence-electron chi connectivity index (χ0n) is 25.1. The lowest BCUT2D eigenvalue weighted by Crippen LogP contribution is -2.75. The van der Waals surface area contributed by atoms with Crippen LogP contribution >= 0.6 is 11.3 Å². The number of benzene rings is 1. The second-order valence-corrected chi connectivity index (χ2v) is 14.0. The molecule has 1 aliphatic carbocycles. The number of nitrogens with zero attached hydrogens (tertiary/aromatic N) is 8. The summed E-state index contributed by atoms with van der Waals surface area (Å²) in [5, 5.41) is 27.3. The Bertz CT molecular complexity index is 1830. The first-order chi connectivity index (χ1) is 21.2. The smallest absolute Gasteiger partial charge is 0.257 e. The van der Waals surface area contributed by atoms with E-state index >= 15 is 0 Å². The van der Waals surface area contributed by atoms with Crippen LogP contribution in [0.5, 0.6) is 0 Å². The van der Waals surface area contributed by atoms with E-state index in [4.69, 9.17) is 19.8 Å². The quantitative estimate of drug-likeness (QED) is 0.346. The van der Waals surface area contributed by atoms with Crippen LogP contribution in [0.2, 0.25) is 0 Å². The number of amides is 1. The predicted molar refractivity (Wildman–Crippen MR) is 167 cm³/mol. The van der Waals surface area contributed by atoms with E-state index in [2.05, 4.69) is 26.6 Å². The minimum absolute atomic E-state index is 0.0473. The van der Waals surface area contributed by atoms with Crippen molar-refractivity contribution in [1.82, 2.24) is 24.6 Å². The molecule has 4 fully saturated rings. The summed E-state index contributed by atoms with van der Waals surface area (Å²) in [5.41, 5.74) is 4.16. The topological polar surface area (TPSA) is 124 Å². The van der Waals surface area contributed by atoms with E-state index in [1.165, 1.54) is 11.3 Å². The van der Waals surface area contributed by atoms with Gasteiger partial charge in [0.25, 0.3) is 5.91 Å². The number of pyridine rings is 1. The van der Waals surface area contributed by atoms with Crippen molar-refractivity contribution < 1.29 is 14.6 Å². The van der Waals surface area contributed by atoms with Crippen molar-refractivity contribution in [2.45, 2.75) is 44.8 Å². The summed E-state index contributed by atoms with van der Waals surface area (Å²) in [7, 11) is 2.00. The first-order valence-corrected chi connectivity index (χ1v) is 15.9. The summed E-state index contributed by atoms with van der Waals surface area (Å²) in [6.45, 7) is 7.56. The normalized spacial score (nSPS) is 22.2. The van der Waals surface area contributed by atoms with Crippen molar-refractivity contribution in [3.63, 3.8) is 0 Å². The fourth-order valence-corrected chi connectivity index (χ4v) is 7.76. The van der Waals surface area contributed by atoms with Crippen molar-refractivity contribution in [3.05, 3.63) is 46.5 Å². The van der Waals surface area contributed by atoms with E-state index in [0.717, 1.165) is 64.8 Å². The highest BCUT2D eigenvalue weighted by atomic mass is 32.1. The SMILES string of the molecule is Cc1ccc(-c2nc(N(C)c3c4cc(N5CC6(CN(C(=O)[C@@]7(O)CCOC7)C6)C5)c(C)nc4nn3C3CC3)sc2C#N)cc1. The lowest BCUT2D eigenvalue weighted by Gasteiger charge is -2.61. The predicted octanol–water partition coefficient (Wildman–Crippen LogP) is 3.95. The fourth-order valence-electron chi connectivity index (χ4n) is 6.91. The largest absolute Gasteiger partial charge is 0.378 e. The van der Waals surface area contributed by atoms with Crippen molar-refractivity contribution in [2.75, 3.05) is 56.2 Å². The van der Waals surface area contributed by atoms with Gasteiger partial charge in [-0.25, -0.2) is 14.6 Å². The molecule has 4 aromatic rings. The molecule has 1 aromatic carbocycles. The second kappa shape index (κ2) is 9.72. The Labute approximate surface area is 259 Å². The molecular weight excluding hydrogens is 576 g/mol. The number of rotatable bonds is 6. The maximum Gasteiger partial charge on any atom is 0.257 e. The molecule has 0 unspecified atom stereocenters. The Morgan fingerprint density at radius 1 is 1.16 bits per heavy atom. The Morgan fingerprint density at radius 3 is 2.57 bits per heavy atom. The number of carbonyl (C=O) groups is 1. The van der Waals surface area contributed by atoms with E-state index in [9.17, 15) is 15.2 Å². The zero-order chi connectivity index (χ0) is 30.4. The number of ether oxygens (including phenoxy) is 1. The lowest BCUT2D eigenvalue weighted by molar-refractivity contribution is -0.165. The number of fused-ring (bicyclic) bond motifs is 1. The van der Waals surface area contributed by atoms with Gasteiger partial charge in [0.1, 0.15) is 22.5 Å². The van der Waals surface area contributed by atoms with E-state index in [0.29, 0.717) is 48.4 Å². The molecule has 0 bridgehead atoms. The first-order valence-electron chi connectivity index (χ1n) is 15.1. The van der Waals surface area contributed by atoms with Gasteiger partial charge < -0.3 is 24.5 Å². The highest BCUT2D eigenvalue weighted by Gasteiger charge is 2.56. The van der Waals surface area contributed by atoms with Gasteiger partial charge in [0.15, 0.2) is 16.4 Å². The van der Waals surface area contributed by atoms with Crippen LogP contribution in [0.25, 0.3) is 22.3 Å². The molecule has 3 saturated heterocycles. The third-order valence-corrected chi connectivity index (χ3v) is 10.5. The molecule has 3 aromatic heterocycles. The third-order valence-electron chi connectivity index (χ3n) is 9.50. The second-order valence-electron chi connectivity index (χ2n) is 13.0. The number of hydrogen-bond donors (Lipinski definition) is 1. The standard InChI is InChI=1S/C32H34N8O3S/c1-19-4-6-21(7-5-19)26-25(13-33)44-30(35-26)37(3)28-23-12-24(20(2)34-27(23)36-40(28)22-8-9-22)38-14-31(15-38)16-39(17-31)29(41)32(42)10-11-43-18-32/h4-7,12,22,42H,8-11,14-18H2,1-3H3/t32-/m1/s1. The molecule has 8 rings (SSSR count). The van der Waals surface area contributed by atoms with Crippen LogP contribution in [0, 0.1) is 30.6 Å². The van der Waals surface area contributed by atoms with Gasteiger partial charge in [0.05, 0.1) is 36.0 Å². The van der Waals surface area contributed by atoms with Gasteiger partial charge in [0, 0.05) is 50.6 Å².